The standard InChI is InChI=1S/C19H22ClN7O3/c1-24-16-15(17(29)23-19(24)30)27(10-12-4-2-3-5-13(12)20)18(22-16)26-8-6-25(7-9-26)11-14(21)28/h2-5H,6-11H2,1H3,(H2,21,28)(H,23,29,30). The van der Waals surface area contributed by atoms with Gasteiger partial charge in [0.15, 0.2) is 11.2 Å². The Morgan fingerprint density at radius 1 is 1.20 bits per heavy atom. The molecule has 0 aliphatic carbocycles. The van der Waals surface area contributed by atoms with Crippen molar-refractivity contribution in [2.24, 2.45) is 12.8 Å². The number of piperazine rings is 1. The number of H-pyrrole nitrogens is 1. The first-order valence-corrected chi connectivity index (χ1v) is 9.91. The number of fused-ring (bicyclic) bond motifs is 1. The van der Waals surface area contributed by atoms with Crippen LogP contribution in [0.25, 0.3) is 11.2 Å². The van der Waals surface area contributed by atoms with E-state index in [0.717, 1.165) is 5.56 Å². The average Bonchev–Trinajstić information content (AvgIpc) is 3.08. The third-order valence-corrected chi connectivity index (χ3v) is 5.68. The molecule has 4 rings (SSSR count). The van der Waals surface area contributed by atoms with Crippen molar-refractivity contribution < 1.29 is 4.79 Å². The molecule has 1 saturated heterocycles. The number of amides is 1. The zero-order valence-electron chi connectivity index (χ0n) is 16.5. The number of carbonyl (C=O) groups excluding carboxylic acids is 1. The minimum absolute atomic E-state index is 0.206. The molecule has 0 bridgehead atoms. The number of aryl methyl sites for hydroxylation is 1. The van der Waals surface area contributed by atoms with Gasteiger partial charge in [0, 0.05) is 38.2 Å². The van der Waals surface area contributed by atoms with Crippen molar-refractivity contribution in [2.75, 3.05) is 37.6 Å². The van der Waals surface area contributed by atoms with Crippen LogP contribution in [0.5, 0.6) is 0 Å². The number of nitrogens with two attached hydrogens (primary N) is 1. The van der Waals surface area contributed by atoms with E-state index in [1.165, 1.54) is 4.57 Å². The molecule has 0 spiro atoms. The number of halogens is 1. The van der Waals surface area contributed by atoms with Crippen LogP contribution in [0.3, 0.4) is 0 Å². The first-order valence-electron chi connectivity index (χ1n) is 9.53. The van der Waals surface area contributed by atoms with Gasteiger partial charge in [-0.3, -0.25) is 28.6 Å². The van der Waals surface area contributed by atoms with Crippen molar-refractivity contribution in [2.45, 2.75) is 6.54 Å². The number of hydrogen-bond donors (Lipinski definition) is 2. The summed E-state index contributed by atoms with van der Waals surface area (Å²) in [5.74, 6) is 0.214. The third kappa shape index (κ3) is 3.71. The quantitative estimate of drug-likeness (QED) is 0.573. The Hall–Kier alpha value is -3.11. The number of nitrogens with zero attached hydrogens (tertiary/aromatic N) is 5. The molecule has 2 aromatic heterocycles. The molecule has 10 nitrogen and oxygen atoms in total. The molecule has 3 aromatic rings. The third-order valence-electron chi connectivity index (χ3n) is 5.31. The highest BCUT2D eigenvalue weighted by Crippen LogP contribution is 2.24. The van der Waals surface area contributed by atoms with E-state index < -0.39 is 11.2 Å². The van der Waals surface area contributed by atoms with Crippen LogP contribution in [-0.4, -0.2) is 62.6 Å². The zero-order valence-corrected chi connectivity index (χ0v) is 17.2. The number of benzene rings is 1. The minimum atomic E-state index is -0.521. The Labute approximate surface area is 176 Å². The lowest BCUT2D eigenvalue weighted by Crippen LogP contribution is -2.49. The van der Waals surface area contributed by atoms with E-state index in [2.05, 4.69) is 9.97 Å². The molecular formula is C19H22ClN7O3. The molecular weight excluding hydrogens is 410 g/mol. The summed E-state index contributed by atoms with van der Waals surface area (Å²) in [6.45, 7) is 3.00. The molecule has 1 amide bonds. The summed E-state index contributed by atoms with van der Waals surface area (Å²) in [4.78, 5) is 47.0. The van der Waals surface area contributed by atoms with Crippen LogP contribution in [0.2, 0.25) is 5.02 Å². The second-order valence-electron chi connectivity index (χ2n) is 7.31. The van der Waals surface area contributed by atoms with Crippen LogP contribution in [-0.2, 0) is 18.4 Å². The molecule has 3 heterocycles. The van der Waals surface area contributed by atoms with Gasteiger partial charge in [-0.05, 0) is 11.6 Å². The predicted molar refractivity (Wildman–Crippen MR) is 114 cm³/mol. The molecule has 0 radical (unpaired) electrons. The molecule has 11 heteroatoms. The highest BCUT2D eigenvalue weighted by Gasteiger charge is 2.25. The van der Waals surface area contributed by atoms with Gasteiger partial charge >= 0.3 is 5.69 Å². The molecule has 0 atom stereocenters. The van der Waals surface area contributed by atoms with Crippen LogP contribution in [0.15, 0.2) is 33.9 Å². The molecule has 1 aliphatic heterocycles. The highest BCUT2D eigenvalue weighted by molar-refractivity contribution is 6.31. The van der Waals surface area contributed by atoms with Crippen LogP contribution in [0, 0.1) is 0 Å². The number of nitrogens with one attached hydrogen (secondary N) is 1. The molecule has 1 aromatic carbocycles. The van der Waals surface area contributed by atoms with Crippen LogP contribution in [0.1, 0.15) is 5.56 Å². The van der Waals surface area contributed by atoms with Gasteiger partial charge in [-0.2, -0.15) is 4.98 Å². The molecule has 1 fully saturated rings. The van der Waals surface area contributed by atoms with Gasteiger partial charge in [-0.25, -0.2) is 4.79 Å². The summed E-state index contributed by atoms with van der Waals surface area (Å²) in [6, 6.07) is 7.40. The minimum Gasteiger partial charge on any atom is -0.369 e. The van der Waals surface area contributed by atoms with Crippen molar-refractivity contribution in [3.8, 4) is 0 Å². The number of aromatic nitrogens is 4. The van der Waals surface area contributed by atoms with E-state index in [0.29, 0.717) is 54.9 Å². The molecule has 0 saturated carbocycles. The van der Waals surface area contributed by atoms with Gasteiger partial charge in [0.1, 0.15) is 0 Å². The highest BCUT2D eigenvalue weighted by atomic mass is 35.5. The fraction of sp³-hybridized carbons (Fsp3) is 0.368. The fourth-order valence-corrected chi connectivity index (χ4v) is 3.93. The lowest BCUT2D eigenvalue weighted by atomic mass is 10.2. The maximum atomic E-state index is 12.7. The monoisotopic (exact) mass is 431 g/mol. The fourth-order valence-electron chi connectivity index (χ4n) is 3.74. The Morgan fingerprint density at radius 2 is 1.90 bits per heavy atom. The van der Waals surface area contributed by atoms with Crippen molar-refractivity contribution in [1.29, 1.82) is 0 Å². The Morgan fingerprint density at radius 3 is 2.57 bits per heavy atom. The summed E-state index contributed by atoms with van der Waals surface area (Å²) in [7, 11) is 1.57. The van der Waals surface area contributed by atoms with Crippen molar-refractivity contribution in [1.82, 2.24) is 24.0 Å². The van der Waals surface area contributed by atoms with Gasteiger partial charge in [-0.1, -0.05) is 29.8 Å². The molecule has 3 N–H and O–H groups in total. The first kappa shape index (κ1) is 20.2. The first-order chi connectivity index (χ1) is 14.3. The molecule has 1 aliphatic rings. The molecule has 30 heavy (non-hydrogen) atoms. The number of anilines is 1. The van der Waals surface area contributed by atoms with E-state index >= 15 is 0 Å². The Kier molecular flexibility index (Phi) is 5.35. The summed E-state index contributed by atoms with van der Waals surface area (Å²) in [6.07, 6.45) is 0. The number of carbonyl (C=O) groups is 1. The summed E-state index contributed by atoms with van der Waals surface area (Å²) < 4.78 is 3.12. The lowest BCUT2D eigenvalue weighted by Gasteiger charge is -2.34. The smallest absolute Gasteiger partial charge is 0.329 e. The number of rotatable bonds is 5. The largest absolute Gasteiger partial charge is 0.369 e. The average molecular weight is 432 g/mol. The number of aromatic amines is 1. The normalized spacial score (nSPS) is 15.1. The van der Waals surface area contributed by atoms with Gasteiger partial charge in [-0.15, -0.1) is 0 Å². The second-order valence-corrected chi connectivity index (χ2v) is 7.72. The number of imidazole rings is 1. The lowest BCUT2D eigenvalue weighted by molar-refractivity contribution is -0.119. The van der Waals surface area contributed by atoms with E-state index in [4.69, 9.17) is 17.3 Å². The summed E-state index contributed by atoms with van der Waals surface area (Å²) in [5, 5.41) is 0.581. The van der Waals surface area contributed by atoms with Gasteiger partial charge in [0.2, 0.25) is 11.9 Å². The summed E-state index contributed by atoms with van der Waals surface area (Å²) in [5.41, 5.74) is 5.74. The molecule has 158 valence electrons. The van der Waals surface area contributed by atoms with E-state index in [9.17, 15) is 14.4 Å². The van der Waals surface area contributed by atoms with E-state index in [1.54, 1.807) is 17.7 Å². The number of hydrogen-bond acceptors (Lipinski definition) is 6. The molecule has 0 unspecified atom stereocenters. The van der Waals surface area contributed by atoms with Gasteiger partial charge in [0.05, 0.1) is 13.1 Å². The second kappa shape index (κ2) is 7.96. The zero-order chi connectivity index (χ0) is 21.4. The Bertz CT molecular complexity index is 1220. The summed E-state index contributed by atoms with van der Waals surface area (Å²) >= 11 is 6.36. The van der Waals surface area contributed by atoms with Crippen LogP contribution in [0.4, 0.5) is 5.95 Å². The van der Waals surface area contributed by atoms with Crippen molar-refractivity contribution >= 4 is 34.6 Å². The van der Waals surface area contributed by atoms with Crippen molar-refractivity contribution in [3.05, 3.63) is 55.7 Å². The van der Waals surface area contributed by atoms with Crippen LogP contribution < -0.4 is 21.9 Å². The Balaban J connectivity index is 1.79. The maximum absolute atomic E-state index is 12.7. The number of primary amides is 1. The van der Waals surface area contributed by atoms with E-state index in [1.807, 2.05) is 28.0 Å². The van der Waals surface area contributed by atoms with Gasteiger partial charge in [0.25, 0.3) is 5.56 Å². The topological polar surface area (TPSA) is 122 Å². The van der Waals surface area contributed by atoms with Crippen LogP contribution >= 0.6 is 11.6 Å². The van der Waals surface area contributed by atoms with E-state index in [-0.39, 0.29) is 12.5 Å². The van der Waals surface area contributed by atoms with Crippen molar-refractivity contribution in [3.63, 3.8) is 0 Å². The van der Waals surface area contributed by atoms with Gasteiger partial charge < -0.3 is 10.6 Å². The SMILES string of the molecule is Cn1c(=O)[nH]c(=O)c2c1nc(N1CCN(CC(N)=O)CC1)n2Cc1ccccc1Cl. The maximum Gasteiger partial charge on any atom is 0.329 e. The predicted octanol–water partition coefficient (Wildman–Crippen LogP) is -0.268.